The Bertz CT molecular complexity index is 529. The van der Waals surface area contributed by atoms with Crippen molar-refractivity contribution >= 4 is 11.3 Å². The van der Waals surface area contributed by atoms with E-state index in [1.165, 1.54) is 11.3 Å². The van der Waals surface area contributed by atoms with E-state index >= 15 is 0 Å². The molecule has 0 saturated carbocycles. The number of hydrogen-bond acceptors (Lipinski definition) is 3. The van der Waals surface area contributed by atoms with Crippen molar-refractivity contribution in [3.63, 3.8) is 0 Å². The highest BCUT2D eigenvalue weighted by Gasteiger charge is 2.21. The molecule has 0 bridgehead atoms. The van der Waals surface area contributed by atoms with E-state index in [2.05, 4.69) is 38.3 Å². The summed E-state index contributed by atoms with van der Waals surface area (Å²) in [5.41, 5.74) is 9.33. The Labute approximate surface area is 113 Å². The van der Waals surface area contributed by atoms with Crippen LogP contribution in [0.1, 0.15) is 38.4 Å². The van der Waals surface area contributed by atoms with Gasteiger partial charge in [-0.05, 0) is 18.1 Å². The molecule has 0 aliphatic heterocycles. The van der Waals surface area contributed by atoms with Gasteiger partial charge in [-0.1, -0.05) is 39.0 Å². The number of benzene rings is 1. The third-order valence-electron chi connectivity index (χ3n) is 3.49. The summed E-state index contributed by atoms with van der Waals surface area (Å²) in [6, 6.07) is 8.32. The molecule has 2 rings (SSSR count). The molecule has 1 aromatic carbocycles. The summed E-state index contributed by atoms with van der Waals surface area (Å²) < 4.78 is 0. The topological polar surface area (TPSA) is 38.9 Å². The molecule has 0 aliphatic carbocycles. The summed E-state index contributed by atoms with van der Waals surface area (Å²) in [6.45, 7) is 7.25. The van der Waals surface area contributed by atoms with Gasteiger partial charge >= 0.3 is 0 Å². The Kier molecular flexibility index (Phi) is 3.83. The van der Waals surface area contributed by atoms with Crippen LogP contribution in [-0.4, -0.2) is 4.98 Å². The molecule has 96 valence electrons. The van der Waals surface area contributed by atoms with Crippen LogP contribution in [0.25, 0.3) is 10.6 Å². The zero-order valence-corrected chi connectivity index (χ0v) is 12.1. The second-order valence-electron chi connectivity index (χ2n) is 5.18. The van der Waals surface area contributed by atoms with Crippen LogP contribution in [-0.2, 0) is 12.0 Å². The number of thiazole rings is 1. The molecule has 1 aromatic heterocycles. The van der Waals surface area contributed by atoms with E-state index in [4.69, 9.17) is 10.7 Å². The Morgan fingerprint density at radius 3 is 2.78 bits per heavy atom. The highest BCUT2D eigenvalue weighted by atomic mass is 32.1. The molecule has 2 N–H and O–H groups in total. The predicted molar refractivity (Wildman–Crippen MR) is 78.8 cm³/mol. The van der Waals surface area contributed by atoms with Gasteiger partial charge in [-0.25, -0.2) is 4.98 Å². The largest absolute Gasteiger partial charge is 0.326 e. The van der Waals surface area contributed by atoms with E-state index in [0.717, 1.165) is 17.0 Å². The van der Waals surface area contributed by atoms with Gasteiger partial charge in [-0.2, -0.15) is 0 Å². The summed E-state index contributed by atoms with van der Waals surface area (Å²) in [5.74, 6) is 0. The highest BCUT2D eigenvalue weighted by Crippen LogP contribution is 2.32. The lowest BCUT2D eigenvalue weighted by Gasteiger charge is -2.19. The number of hydrogen-bond donors (Lipinski definition) is 1. The quantitative estimate of drug-likeness (QED) is 0.903. The first kappa shape index (κ1) is 13.2. The summed E-state index contributed by atoms with van der Waals surface area (Å²) in [7, 11) is 0. The maximum absolute atomic E-state index is 5.68. The number of rotatable bonds is 4. The van der Waals surface area contributed by atoms with Crippen LogP contribution in [0.3, 0.4) is 0 Å². The third kappa shape index (κ3) is 2.62. The zero-order chi connectivity index (χ0) is 13.2. The predicted octanol–water partition coefficient (Wildman–Crippen LogP) is 3.96. The van der Waals surface area contributed by atoms with Gasteiger partial charge in [0.2, 0.25) is 0 Å². The average Bonchev–Trinajstić information content (AvgIpc) is 2.89. The number of nitrogens with zero attached hydrogens (tertiary/aromatic N) is 1. The van der Waals surface area contributed by atoms with E-state index in [-0.39, 0.29) is 5.41 Å². The monoisotopic (exact) mass is 260 g/mol. The van der Waals surface area contributed by atoms with Crippen LogP contribution < -0.4 is 5.73 Å². The molecule has 0 saturated heterocycles. The molecule has 1 heterocycles. The standard InChI is InChI=1S/C15H20N2S/c1-4-15(2,3)13-10-18-14(17-13)12-7-5-6-11(8-12)9-16/h5-8,10H,4,9,16H2,1-3H3. The lowest BCUT2D eigenvalue weighted by atomic mass is 9.87. The van der Waals surface area contributed by atoms with Crippen LogP contribution in [0, 0.1) is 0 Å². The molecular weight excluding hydrogens is 240 g/mol. The van der Waals surface area contributed by atoms with Gasteiger partial charge < -0.3 is 5.73 Å². The molecule has 0 fully saturated rings. The van der Waals surface area contributed by atoms with Crippen molar-refractivity contribution in [3.8, 4) is 10.6 Å². The minimum absolute atomic E-state index is 0.153. The Morgan fingerprint density at radius 2 is 2.11 bits per heavy atom. The van der Waals surface area contributed by atoms with E-state index in [1.807, 2.05) is 12.1 Å². The van der Waals surface area contributed by atoms with Crippen molar-refractivity contribution in [2.45, 2.75) is 39.2 Å². The third-order valence-corrected chi connectivity index (χ3v) is 4.38. The molecule has 0 atom stereocenters. The van der Waals surface area contributed by atoms with Gasteiger partial charge in [-0.15, -0.1) is 11.3 Å². The first-order chi connectivity index (χ1) is 8.56. The van der Waals surface area contributed by atoms with Crippen molar-refractivity contribution < 1.29 is 0 Å². The molecule has 2 nitrogen and oxygen atoms in total. The van der Waals surface area contributed by atoms with E-state index in [0.29, 0.717) is 6.54 Å². The van der Waals surface area contributed by atoms with E-state index < -0.39 is 0 Å². The molecule has 0 unspecified atom stereocenters. The summed E-state index contributed by atoms with van der Waals surface area (Å²) in [6.07, 6.45) is 1.10. The van der Waals surface area contributed by atoms with Crippen LogP contribution in [0.15, 0.2) is 29.6 Å². The minimum Gasteiger partial charge on any atom is -0.326 e. The van der Waals surface area contributed by atoms with Gasteiger partial charge in [0.05, 0.1) is 5.69 Å². The fourth-order valence-electron chi connectivity index (χ4n) is 1.73. The SMILES string of the molecule is CCC(C)(C)c1csc(-c2cccc(CN)c2)n1. The summed E-state index contributed by atoms with van der Waals surface area (Å²) in [4.78, 5) is 4.78. The Balaban J connectivity index is 2.35. The molecule has 2 aromatic rings. The molecule has 3 heteroatoms. The van der Waals surface area contributed by atoms with Crippen LogP contribution in [0.5, 0.6) is 0 Å². The van der Waals surface area contributed by atoms with Gasteiger partial charge in [0.15, 0.2) is 0 Å². The van der Waals surface area contributed by atoms with E-state index in [9.17, 15) is 0 Å². The molecule has 18 heavy (non-hydrogen) atoms. The smallest absolute Gasteiger partial charge is 0.123 e. The average molecular weight is 260 g/mol. The van der Waals surface area contributed by atoms with Crippen molar-refractivity contribution in [1.29, 1.82) is 0 Å². The number of aromatic nitrogens is 1. The van der Waals surface area contributed by atoms with Gasteiger partial charge in [0.1, 0.15) is 5.01 Å². The molecule has 0 aliphatic rings. The minimum atomic E-state index is 0.153. The highest BCUT2D eigenvalue weighted by molar-refractivity contribution is 7.13. The van der Waals surface area contributed by atoms with Crippen molar-refractivity contribution in [3.05, 3.63) is 40.9 Å². The van der Waals surface area contributed by atoms with Crippen molar-refractivity contribution in [2.75, 3.05) is 0 Å². The van der Waals surface area contributed by atoms with Crippen molar-refractivity contribution in [2.24, 2.45) is 5.73 Å². The Morgan fingerprint density at radius 1 is 1.33 bits per heavy atom. The summed E-state index contributed by atoms with van der Waals surface area (Å²) >= 11 is 1.71. The zero-order valence-electron chi connectivity index (χ0n) is 11.2. The van der Waals surface area contributed by atoms with Crippen LogP contribution in [0.4, 0.5) is 0 Å². The maximum atomic E-state index is 5.68. The van der Waals surface area contributed by atoms with Crippen molar-refractivity contribution in [1.82, 2.24) is 4.98 Å². The maximum Gasteiger partial charge on any atom is 0.123 e. The number of nitrogens with two attached hydrogens (primary N) is 1. The second-order valence-corrected chi connectivity index (χ2v) is 6.04. The summed E-state index contributed by atoms with van der Waals surface area (Å²) in [5, 5.41) is 3.26. The normalized spacial score (nSPS) is 11.8. The molecular formula is C15H20N2S. The fourth-order valence-corrected chi connectivity index (χ4v) is 2.74. The molecule has 0 spiro atoms. The Hall–Kier alpha value is -1.19. The van der Waals surface area contributed by atoms with Gasteiger partial charge in [0.25, 0.3) is 0 Å². The van der Waals surface area contributed by atoms with Crippen LogP contribution in [0.2, 0.25) is 0 Å². The van der Waals surface area contributed by atoms with Crippen LogP contribution >= 0.6 is 11.3 Å². The fraction of sp³-hybridized carbons (Fsp3) is 0.400. The molecule has 0 amide bonds. The second kappa shape index (κ2) is 5.21. The first-order valence-corrected chi connectivity index (χ1v) is 7.20. The van der Waals surface area contributed by atoms with Gasteiger partial charge in [0, 0.05) is 22.9 Å². The van der Waals surface area contributed by atoms with E-state index in [1.54, 1.807) is 11.3 Å². The lowest BCUT2D eigenvalue weighted by molar-refractivity contribution is 0.493. The molecule has 0 radical (unpaired) electrons. The lowest BCUT2D eigenvalue weighted by Crippen LogP contribution is -2.15. The van der Waals surface area contributed by atoms with Gasteiger partial charge in [-0.3, -0.25) is 0 Å². The first-order valence-electron chi connectivity index (χ1n) is 6.32.